The van der Waals surface area contributed by atoms with E-state index in [0.29, 0.717) is 24.9 Å². The average molecular weight is 317 g/mol. The van der Waals surface area contributed by atoms with Crippen LogP contribution in [0.5, 0.6) is 0 Å². The summed E-state index contributed by atoms with van der Waals surface area (Å²) in [5.41, 5.74) is 0.524. The van der Waals surface area contributed by atoms with E-state index in [-0.39, 0.29) is 18.3 Å². The first kappa shape index (κ1) is 17.9. The van der Waals surface area contributed by atoms with E-state index >= 15 is 0 Å². The van der Waals surface area contributed by atoms with Crippen LogP contribution in [0, 0.1) is 0 Å². The first-order valence-corrected chi connectivity index (χ1v) is 7.22. The van der Waals surface area contributed by atoms with Gasteiger partial charge in [-0.05, 0) is 31.9 Å². The van der Waals surface area contributed by atoms with E-state index in [9.17, 15) is 4.79 Å². The van der Waals surface area contributed by atoms with Gasteiger partial charge in [-0.1, -0.05) is 0 Å². The molecular weight excluding hydrogens is 292 g/mol. The van der Waals surface area contributed by atoms with Crippen LogP contribution in [0.1, 0.15) is 35.8 Å². The zero-order chi connectivity index (χ0) is 14.4. The summed E-state index contributed by atoms with van der Waals surface area (Å²) in [7, 11) is 3.47. The highest BCUT2D eigenvalue weighted by Crippen LogP contribution is 2.16. The number of hydrogen-bond acceptors (Lipinski definition) is 4. The lowest BCUT2D eigenvalue weighted by Crippen LogP contribution is -2.32. The van der Waals surface area contributed by atoms with Crippen LogP contribution >= 0.6 is 12.4 Å². The second kappa shape index (κ2) is 9.02. The van der Waals surface area contributed by atoms with Crippen molar-refractivity contribution in [1.29, 1.82) is 0 Å². The maximum Gasteiger partial charge on any atom is 0.274 e. The van der Waals surface area contributed by atoms with Gasteiger partial charge in [0.2, 0.25) is 0 Å². The van der Waals surface area contributed by atoms with E-state index in [1.54, 1.807) is 19.1 Å². The van der Waals surface area contributed by atoms with Gasteiger partial charge in [-0.3, -0.25) is 9.48 Å². The highest BCUT2D eigenvalue weighted by atomic mass is 35.5. The van der Waals surface area contributed by atoms with Crippen molar-refractivity contribution < 1.29 is 9.53 Å². The Labute approximate surface area is 132 Å². The van der Waals surface area contributed by atoms with Crippen LogP contribution in [-0.4, -0.2) is 61.0 Å². The van der Waals surface area contributed by atoms with Gasteiger partial charge in [-0.2, -0.15) is 5.10 Å². The molecular formula is C14H25ClN4O2. The second-order valence-electron chi connectivity index (χ2n) is 5.25. The highest BCUT2D eigenvalue weighted by molar-refractivity contribution is 5.91. The first-order valence-electron chi connectivity index (χ1n) is 7.22. The number of nitrogens with one attached hydrogen (secondary N) is 1. The summed E-state index contributed by atoms with van der Waals surface area (Å²) in [6.07, 6.45) is 5.02. The van der Waals surface area contributed by atoms with Crippen molar-refractivity contribution in [2.45, 2.75) is 25.3 Å². The van der Waals surface area contributed by atoms with Gasteiger partial charge in [0.05, 0.1) is 6.04 Å². The molecule has 1 aliphatic rings. The Balaban J connectivity index is 0.00000220. The van der Waals surface area contributed by atoms with Crippen molar-refractivity contribution in [1.82, 2.24) is 20.0 Å². The maximum atomic E-state index is 12.2. The third-order valence-corrected chi connectivity index (χ3v) is 3.66. The molecule has 1 N–H and O–H groups in total. The van der Waals surface area contributed by atoms with Crippen LogP contribution in [0.2, 0.25) is 0 Å². The van der Waals surface area contributed by atoms with Crippen molar-refractivity contribution >= 4 is 18.3 Å². The molecule has 1 unspecified atom stereocenters. The largest absolute Gasteiger partial charge is 0.385 e. The molecule has 1 aromatic rings. The summed E-state index contributed by atoms with van der Waals surface area (Å²) in [6.45, 7) is 3.36. The number of amides is 1. The standard InChI is InChI=1S/C14H24N4O2.ClH/c1-17(8-4-10-20-2)14(19)13-6-9-18(16-13)12-5-3-7-15-11-12;/h6,9,12,15H,3-5,7-8,10-11H2,1-2H3;1H. The average Bonchev–Trinajstić information content (AvgIpc) is 2.97. The number of piperidine rings is 1. The SMILES string of the molecule is COCCCN(C)C(=O)c1ccn(C2CCCNC2)n1.Cl. The molecule has 0 aliphatic carbocycles. The van der Waals surface area contributed by atoms with Crippen molar-refractivity contribution in [3.63, 3.8) is 0 Å². The molecule has 2 heterocycles. The molecule has 6 nitrogen and oxygen atoms in total. The number of carbonyl (C=O) groups excluding carboxylic acids is 1. The fraction of sp³-hybridized carbons (Fsp3) is 0.714. The first-order chi connectivity index (χ1) is 9.72. The topological polar surface area (TPSA) is 59.4 Å². The number of rotatable bonds is 6. The van der Waals surface area contributed by atoms with Crippen molar-refractivity contribution in [2.75, 3.05) is 40.4 Å². The Kier molecular flexibility index (Phi) is 7.71. The Morgan fingerprint density at radius 1 is 1.62 bits per heavy atom. The predicted molar refractivity (Wildman–Crippen MR) is 84.1 cm³/mol. The number of ether oxygens (including phenoxy) is 1. The van der Waals surface area contributed by atoms with Gasteiger partial charge < -0.3 is 15.0 Å². The van der Waals surface area contributed by atoms with E-state index in [0.717, 1.165) is 32.4 Å². The molecule has 1 amide bonds. The Morgan fingerprint density at radius 3 is 3.10 bits per heavy atom. The van der Waals surface area contributed by atoms with Crippen molar-refractivity contribution in [3.05, 3.63) is 18.0 Å². The van der Waals surface area contributed by atoms with E-state index in [1.165, 1.54) is 0 Å². The molecule has 1 atom stereocenters. The number of nitrogens with zero attached hydrogens (tertiary/aromatic N) is 3. The van der Waals surface area contributed by atoms with E-state index in [4.69, 9.17) is 4.74 Å². The monoisotopic (exact) mass is 316 g/mol. The van der Waals surface area contributed by atoms with Crippen LogP contribution in [0.15, 0.2) is 12.3 Å². The lowest BCUT2D eigenvalue weighted by Gasteiger charge is -2.23. The molecule has 1 aliphatic heterocycles. The Morgan fingerprint density at radius 2 is 2.43 bits per heavy atom. The minimum Gasteiger partial charge on any atom is -0.385 e. The van der Waals surface area contributed by atoms with Crippen LogP contribution < -0.4 is 5.32 Å². The predicted octanol–water partition coefficient (Wildman–Crippen LogP) is 1.34. The minimum absolute atomic E-state index is 0. The van der Waals surface area contributed by atoms with Gasteiger partial charge >= 0.3 is 0 Å². The molecule has 1 saturated heterocycles. The summed E-state index contributed by atoms with van der Waals surface area (Å²) >= 11 is 0. The van der Waals surface area contributed by atoms with Crippen LogP contribution in [-0.2, 0) is 4.74 Å². The van der Waals surface area contributed by atoms with Gasteiger partial charge in [-0.25, -0.2) is 0 Å². The molecule has 1 fully saturated rings. The normalized spacial score (nSPS) is 18.1. The number of methoxy groups -OCH3 is 1. The second-order valence-corrected chi connectivity index (χ2v) is 5.25. The molecule has 0 spiro atoms. The summed E-state index contributed by atoms with van der Waals surface area (Å²) in [4.78, 5) is 13.9. The van der Waals surface area contributed by atoms with Gasteiger partial charge in [0.15, 0.2) is 0 Å². The summed E-state index contributed by atoms with van der Waals surface area (Å²) < 4.78 is 6.92. The maximum absolute atomic E-state index is 12.2. The molecule has 0 radical (unpaired) electrons. The molecule has 7 heteroatoms. The summed E-state index contributed by atoms with van der Waals surface area (Å²) in [5, 5.41) is 7.80. The smallest absolute Gasteiger partial charge is 0.274 e. The molecule has 120 valence electrons. The molecule has 0 saturated carbocycles. The molecule has 0 aromatic carbocycles. The van der Waals surface area contributed by atoms with E-state index < -0.39 is 0 Å². The highest BCUT2D eigenvalue weighted by Gasteiger charge is 2.19. The fourth-order valence-electron chi connectivity index (χ4n) is 2.46. The van der Waals surface area contributed by atoms with Crippen molar-refractivity contribution in [2.24, 2.45) is 0 Å². The van der Waals surface area contributed by atoms with Gasteiger partial charge in [0, 0.05) is 40.1 Å². The third-order valence-electron chi connectivity index (χ3n) is 3.66. The summed E-state index contributed by atoms with van der Waals surface area (Å²) in [5.74, 6) is -0.0244. The number of carbonyl (C=O) groups is 1. The Bertz CT molecular complexity index is 432. The third kappa shape index (κ3) is 4.98. The zero-order valence-corrected chi connectivity index (χ0v) is 13.6. The number of halogens is 1. The molecule has 2 rings (SSSR count). The van der Waals surface area contributed by atoms with Crippen LogP contribution in [0.3, 0.4) is 0 Å². The van der Waals surface area contributed by atoms with Crippen LogP contribution in [0.25, 0.3) is 0 Å². The van der Waals surface area contributed by atoms with E-state index in [2.05, 4.69) is 10.4 Å². The van der Waals surface area contributed by atoms with Gasteiger partial charge in [-0.15, -0.1) is 12.4 Å². The van der Waals surface area contributed by atoms with Gasteiger partial charge in [0.1, 0.15) is 5.69 Å². The Hall–Kier alpha value is -1.11. The number of aromatic nitrogens is 2. The molecule has 1 aromatic heterocycles. The lowest BCUT2D eigenvalue weighted by atomic mass is 10.1. The van der Waals surface area contributed by atoms with Gasteiger partial charge in [0.25, 0.3) is 5.91 Å². The lowest BCUT2D eigenvalue weighted by molar-refractivity contribution is 0.0772. The quantitative estimate of drug-likeness (QED) is 0.805. The van der Waals surface area contributed by atoms with Crippen LogP contribution in [0.4, 0.5) is 0 Å². The van der Waals surface area contributed by atoms with Crippen molar-refractivity contribution in [3.8, 4) is 0 Å². The molecule has 0 bridgehead atoms. The zero-order valence-electron chi connectivity index (χ0n) is 12.7. The summed E-state index contributed by atoms with van der Waals surface area (Å²) in [6, 6.07) is 2.17. The fourth-order valence-corrected chi connectivity index (χ4v) is 2.46. The number of hydrogen-bond donors (Lipinski definition) is 1. The minimum atomic E-state index is -0.0244. The van der Waals surface area contributed by atoms with E-state index in [1.807, 2.05) is 16.9 Å². The molecule has 21 heavy (non-hydrogen) atoms.